The van der Waals surface area contributed by atoms with Crippen LogP contribution in [0.25, 0.3) is 0 Å². The lowest BCUT2D eigenvalue weighted by Gasteiger charge is -2.42. The Morgan fingerprint density at radius 2 is 2.00 bits per heavy atom. The van der Waals surface area contributed by atoms with E-state index in [1.54, 1.807) is 0 Å². The number of hydrogen-bond acceptors (Lipinski definition) is 3. The molecule has 14 heavy (non-hydrogen) atoms. The maximum Gasteiger partial charge on any atom is 0.0719 e. The molecule has 78 valence electrons. The van der Waals surface area contributed by atoms with E-state index in [1.807, 2.05) is 0 Å². The highest BCUT2D eigenvalue weighted by molar-refractivity contribution is 5.10. The molecule has 0 radical (unpaired) electrons. The number of nitrogens with zero attached hydrogens (tertiary/aromatic N) is 1. The molecule has 0 aromatic carbocycles. The number of piperazine rings is 1. The van der Waals surface area contributed by atoms with Gasteiger partial charge in [-0.3, -0.25) is 10.2 Å². The molecule has 4 saturated heterocycles. The summed E-state index contributed by atoms with van der Waals surface area (Å²) in [5.74, 6) is 0. The Kier molecular flexibility index (Phi) is 1.45. The monoisotopic (exact) mass is 193 g/mol. The Labute approximate surface area is 85.2 Å². The van der Waals surface area contributed by atoms with Crippen molar-refractivity contribution in [1.82, 2.24) is 15.5 Å². The maximum absolute atomic E-state index is 3.87. The van der Waals surface area contributed by atoms with Crippen molar-refractivity contribution in [1.29, 1.82) is 0 Å². The van der Waals surface area contributed by atoms with Crippen LogP contribution < -0.4 is 10.6 Å². The van der Waals surface area contributed by atoms with Crippen LogP contribution in [-0.4, -0.2) is 41.8 Å². The summed E-state index contributed by atoms with van der Waals surface area (Å²) in [5, 5.41) is 7.46. The van der Waals surface area contributed by atoms with Crippen molar-refractivity contribution in [3.05, 3.63) is 0 Å². The van der Waals surface area contributed by atoms with E-state index in [0.717, 1.165) is 18.1 Å². The third-order valence-electron chi connectivity index (χ3n) is 4.89. The summed E-state index contributed by atoms with van der Waals surface area (Å²) >= 11 is 0. The van der Waals surface area contributed by atoms with Crippen molar-refractivity contribution in [2.45, 2.75) is 55.9 Å². The summed E-state index contributed by atoms with van der Waals surface area (Å²) in [7, 11) is 0. The zero-order valence-electron chi connectivity index (χ0n) is 8.63. The summed E-state index contributed by atoms with van der Waals surface area (Å²) in [6.45, 7) is 2.53. The highest BCUT2D eigenvalue weighted by Gasteiger charge is 2.54. The molecule has 4 heterocycles. The van der Waals surface area contributed by atoms with Gasteiger partial charge in [-0.1, -0.05) is 0 Å². The Bertz CT molecular complexity index is 257. The number of rotatable bonds is 1. The molecule has 4 aliphatic heterocycles. The molecule has 2 atom stereocenters. The van der Waals surface area contributed by atoms with Gasteiger partial charge in [0.25, 0.3) is 0 Å². The van der Waals surface area contributed by atoms with Gasteiger partial charge >= 0.3 is 0 Å². The zero-order chi connectivity index (χ0) is 9.17. The lowest BCUT2D eigenvalue weighted by molar-refractivity contribution is 0.0529. The lowest BCUT2D eigenvalue weighted by Crippen LogP contribution is -2.59. The molecule has 0 aromatic rings. The van der Waals surface area contributed by atoms with E-state index in [0.29, 0.717) is 5.66 Å². The molecule has 2 N–H and O–H groups in total. The molecule has 4 rings (SSSR count). The van der Waals surface area contributed by atoms with Crippen molar-refractivity contribution >= 4 is 0 Å². The van der Waals surface area contributed by atoms with Crippen molar-refractivity contribution < 1.29 is 0 Å². The first kappa shape index (κ1) is 8.08. The molecule has 4 bridgehead atoms. The second-order valence-corrected chi connectivity index (χ2v) is 5.60. The van der Waals surface area contributed by atoms with Gasteiger partial charge in [-0.2, -0.15) is 0 Å². The van der Waals surface area contributed by atoms with Gasteiger partial charge in [-0.15, -0.1) is 0 Å². The summed E-state index contributed by atoms with van der Waals surface area (Å²) in [4.78, 5) is 2.79. The number of likely N-dealkylation sites (tertiary alicyclic amines) is 1. The van der Waals surface area contributed by atoms with Crippen molar-refractivity contribution in [3.63, 3.8) is 0 Å². The number of nitrogens with one attached hydrogen (secondary N) is 2. The van der Waals surface area contributed by atoms with Crippen molar-refractivity contribution in [2.24, 2.45) is 0 Å². The Hall–Kier alpha value is -0.120. The van der Waals surface area contributed by atoms with Gasteiger partial charge in [0.05, 0.1) is 5.66 Å². The average molecular weight is 193 g/mol. The molecular formula is C11H19N3. The minimum atomic E-state index is 0.437. The average Bonchev–Trinajstić information content (AvgIpc) is 2.98. The molecule has 4 aliphatic rings. The molecule has 0 aromatic heterocycles. The van der Waals surface area contributed by atoms with Gasteiger partial charge in [0.1, 0.15) is 0 Å². The first-order valence-electron chi connectivity index (χ1n) is 6.14. The van der Waals surface area contributed by atoms with E-state index in [4.69, 9.17) is 0 Å². The Balaban J connectivity index is 1.63. The fraction of sp³-hybridized carbons (Fsp3) is 1.00. The molecule has 3 heteroatoms. The zero-order valence-corrected chi connectivity index (χ0v) is 8.63. The molecule has 2 unspecified atom stereocenters. The number of hydrogen-bond donors (Lipinski definition) is 2. The standard InChI is InChI=1S/C11H19N3/c1-3-11(4-2-8(1)13-11)14-7-9-5-10(14)6-12-9/h8-10,12-13H,1-7H2. The van der Waals surface area contributed by atoms with Gasteiger partial charge in [-0.05, 0) is 32.1 Å². The molecule has 0 amide bonds. The van der Waals surface area contributed by atoms with Gasteiger partial charge in [0.2, 0.25) is 0 Å². The van der Waals surface area contributed by atoms with Crippen LogP contribution in [0.1, 0.15) is 32.1 Å². The summed E-state index contributed by atoms with van der Waals surface area (Å²) in [6, 6.07) is 2.49. The second-order valence-electron chi connectivity index (χ2n) is 5.60. The molecule has 0 spiro atoms. The molecule has 0 saturated carbocycles. The summed E-state index contributed by atoms with van der Waals surface area (Å²) in [6.07, 6.45) is 7.04. The summed E-state index contributed by atoms with van der Waals surface area (Å²) in [5.41, 5.74) is 0.437. The van der Waals surface area contributed by atoms with E-state index < -0.39 is 0 Å². The van der Waals surface area contributed by atoms with Gasteiger partial charge in [0, 0.05) is 31.2 Å². The molecular weight excluding hydrogens is 174 g/mol. The molecule has 4 fully saturated rings. The van der Waals surface area contributed by atoms with E-state index in [-0.39, 0.29) is 0 Å². The third-order valence-corrected chi connectivity index (χ3v) is 4.89. The smallest absolute Gasteiger partial charge is 0.0719 e. The Morgan fingerprint density at radius 1 is 1.14 bits per heavy atom. The SMILES string of the molecule is C1CC2(N3CC4CC3CN4)CCC1N2. The first-order valence-corrected chi connectivity index (χ1v) is 6.14. The van der Waals surface area contributed by atoms with Gasteiger partial charge in [0.15, 0.2) is 0 Å². The van der Waals surface area contributed by atoms with Crippen LogP contribution in [-0.2, 0) is 0 Å². The molecule has 3 nitrogen and oxygen atoms in total. The lowest BCUT2D eigenvalue weighted by atomic mass is 9.93. The van der Waals surface area contributed by atoms with Crippen LogP contribution in [0.5, 0.6) is 0 Å². The van der Waals surface area contributed by atoms with Crippen LogP contribution in [0, 0.1) is 0 Å². The topological polar surface area (TPSA) is 27.3 Å². The van der Waals surface area contributed by atoms with Crippen LogP contribution in [0.4, 0.5) is 0 Å². The van der Waals surface area contributed by atoms with Crippen molar-refractivity contribution in [3.8, 4) is 0 Å². The van der Waals surface area contributed by atoms with Gasteiger partial charge < -0.3 is 5.32 Å². The van der Waals surface area contributed by atoms with E-state index in [9.17, 15) is 0 Å². The number of fused-ring (bicyclic) bond motifs is 4. The Morgan fingerprint density at radius 3 is 2.50 bits per heavy atom. The van der Waals surface area contributed by atoms with E-state index >= 15 is 0 Å². The fourth-order valence-electron chi connectivity index (χ4n) is 4.22. The predicted octanol–water partition coefficient (Wildman–Crippen LogP) is 0.275. The first-order chi connectivity index (χ1) is 6.86. The van der Waals surface area contributed by atoms with Crippen LogP contribution in [0.3, 0.4) is 0 Å². The van der Waals surface area contributed by atoms with E-state index in [2.05, 4.69) is 15.5 Å². The second kappa shape index (κ2) is 2.52. The van der Waals surface area contributed by atoms with Gasteiger partial charge in [-0.25, -0.2) is 0 Å². The van der Waals surface area contributed by atoms with Crippen LogP contribution >= 0.6 is 0 Å². The molecule has 0 aliphatic carbocycles. The van der Waals surface area contributed by atoms with E-state index in [1.165, 1.54) is 45.2 Å². The largest absolute Gasteiger partial charge is 0.311 e. The fourth-order valence-corrected chi connectivity index (χ4v) is 4.22. The third kappa shape index (κ3) is 0.884. The van der Waals surface area contributed by atoms with Crippen LogP contribution in [0.2, 0.25) is 0 Å². The predicted molar refractivity (Wildman–Crippen MR) is 55.0 cm³/mol. The van der Waals surface area contributed by atoms with Crippen LogP contribution in [0.15, 0.2) is 0 Å². The van der Waals surface area contributed by atoms with Crippen molar-refractivity contribution in [2.75, 3.05) is 13.1 Å². The summed E-state index contributed by atoms with van der Waals surface area (Å²) < 4.78 is 0. The quantitative estimate of drug-likeness (QED) is 0.626. The minimum absolute atomic E-state index is 0.437. The highest BCUT2D eigenvalue weighted by Crippen LogP contribution is 2.44. The highest BCUT2D eigenvalue weighted by atomic mass is 15.4. The maximum atomic E-state index is 3.87. The minimum Gasteiger partial charge on any atom is -0.311 e. The normalized spacial score (nSPS) is 56.1.